The van der Waals surface area contributed by atoms with Crippen molar-refractivity contribution < 1.29 is 14.3 Å². The van der Waals surface area contributed by atoms with E-state index >= 15 is 0 Å². The number of H-pyrrole nitrogens is 1. The maximum Gasteiger partial charge on any atom is 0.273 e. The molecule has 0 fully saturated rings. The smallest absolute Gasteiger partial charge is 0.273 e. The predicted molar refractivity (Wildman–Crippen MR) is 115 cm³/mol. The molecule has 7 heteroatoms. The lowest BCUT2D eigenvalue weighted by Crippen LogP contribution is -2.29. The van der Waals surface area contributed by atoms with Crippen molar-refractivity contribution in [3.63, 3.8) is 0 Å². The van der Waals surface area contributed by atoms with E-state index in [-0.39, 0.29) is 17.5 Å². The molecular formula is C24H17ClFN3O2. The molecule has 1 atom stereocenters. The van der Waals surface area contributed by atoms with Gasteiger partial charge in [0.2, 0.25) is 0 Å². The van der Waals surface area contributed by atoms with Gasteiger partial charge >= 0.3 is 0 Å². The molecule has 0 radical (unpaired) electrons. The van der Waals surface area contributed by atoms with Crippen LogP contribution in [0.25, 0.3) is 11.3 Å². The summed E-state index contributed by atoms with van der Waals surface area (Å²) in [5.41, 5.74) is 3.55. The molecule has 0 saturated carbocycles. The Balaban J connectivity index is 1.68. The number of aromatic amines is 1. The minimum absolute atomic E-state index is 0.00511. The van der Waals surface area contributed by atoms with Gasteiger partial charge in [-0.25, -0.2) is 4.39 Å². The van der Waals surface area contributed by atoms with Crippen molar-refractivity contribution >= 4 is 17.5 Å². The van der Waals surface area contributed by atoms with E-state index in [1.54, 1.807) is 29.2 Å². The summed E-state index contributed by atoms with van der Waals surface area (Å²) in [7, 11) is 0. The standard InChI is InChI=1S/C24H17ClFN3O2/c25-16-8-11-19(30)18(12-16)21-20-22(28-27-21)24(31)29(13-14-4-2-1-3-5-14)23(20)15-6-9-17(26)10-7-15/h1-12,23,30H,13H2,(H,27,28). The Bertz CT molecular complexity index is 1270. The average Bonchev–Trinajstić information content (AvgIpc) is 3.31. The molecule has 0 aliphatic carbocycles. The Hall–Kier alpha value is -3.64. The molecule has 2 N–H and O–H groups in total. The number of hydrogen-bond acceptors (Lipinski definition) is 3. The van der Waals surface area contributed by atoms with Gasteiger partial charge in [0, 0.05) is 22.7 Å². The van der Waals surface area contributed by atoms with E-state index in [0.717, 1.165) is 11.1 Å². The number of phenols is 1. The van der Waals surface area contributed by atoms with Gasteiger partial charge in [0.1, 0.15) is 23.0 Å². The van der Waals surface area contributed by atoms with Crippen LogP contribution in [0.4, 0.5) is 4.39 Å². The third-order valence-electron chi connectivity index (χ3n) is 5.46. The van der Waals surface area contributed by atoms with Crippen LogP contribution in [0.1, 0.15) is 33.2 Å². The number of nitrogens with one attached hydrogen (secondary N) is 1. The normalized spacial score (nSPS) is 15.4. The summed E-state index contributed by atoms with van der Waals surface area (Å²) < 4.78 is 13.6. The van der Waals surface area contributed by atoms with Crippen LogP contribution in [0.2, 0.25) is 5.02 Å². The first-order valence-electron chi connectivity index (χ1n) is 9.70. The Labute approximate surface area is 182 Å². The van der Waals surface area contributed by atoms with E-state index in [1.165, 1.54) is 18.2 Å². The Kier molecular flexibility index (Phi) is 4.71. The fraction of sp³-hybridized carbons (Fsp3) is 0.0833. The van der Waals surface area contributed by atoms with Gasteiger partial charge in [-0.05, 0) is 41.5 Å². The van der Waals surface area contributed by atoms with Gasteiger partial charge in [-0.2, -0.15) is 5.10 Å². The molecule has 0 bridgehead atoms. The Morgan fingerprint density at radius 2 is 1.81 bits per heavy atom. The zero-order chi connectivity index (χ0) is 21.5. The van der Waals surface area contributed by atoms with E-state index in [0.29, 0.717) is 34.1 Å². The van der Waals surface area contributed by atoms with Gasteiger partial charge in [-0.3, -0.25) is 9.89 Å². The van der Waals surface area contributed by atoms with Crippen LogP contribution in [-0.4, -0.2) is 26.1 Å². The maximum atomic E-state index is 13.6. The largest absolute Gasteiger partial charge is 0.507 e. The molecule has 1 aliphatic rings. The minimum Gasteiger partial charge on any atom is -0.507 e. The van der Waals surface area contributed by atoms with Crippen LogP contribution in [0.3, 0.4) is 0 Å². The first-order valence-corrected chi connectivity index (χ1v) is 10.1. The number of aromatic nitrogens is 2. The van der Waals surface area contributed by atoms with E-state index in [2.05, 4.69) is 10.2 Å². The second-order valence-electron chi connectivity index (χ2n) is 7.40. The number of halogens is 2. The number of rotatable bonds is 4. The number of carbonyl (C=O) groups excluding carboxylic acids is 1. The molecule has 154 valence electrons. The topological polar surface area (TPSA) is 69.2 Å². The highest BCUT2D eigenvalue weighted by Crippen LogP contribution is 2.45. The van der Waals surface area contributed by atoms with Crippen molar-refractivity contribution in [1.29, 1.82) is 0 Å². The Morgan fingerprint density at radius 3 is 2.55 bits per heavy atom. The lowest BCUT2D eigenvalue weighted by atomic mass is 9.95. The molecule has 4 aromatic rings. The fourth-order valence-corrected chi connectivity index (χ4v) is 4.21. The number of amides is 1. The highest BCUT2D eigenvalue weighted by molar-refractivity contribution is 6.31. The first-order chi connectivity index (χ1) is 15.0. The summed E-state index contributed by atoms with van der Waals surface area (Å²) in [6.45, 7) is 0.366. The monoisotopic (exact) mass is 433 g/mol. The number of phenolic OH excluding ortho intramolecular Hbond substituents is 1. The molecule has 0 spiro atoms. The highest BCUT2D eigenvalue weighted by atomic mass is 35.5. The molecule has 31 heavy (non-hydrogen) atoms. The van der Waals surface area contributed by atoms with Crippen molar-refractivity contribution in [2.24, 2.45) is 0 Å². The summed E-state index contributed by atoms with van der Waals surface area (Å²) >= 11 is 6.15. The summed E-state index contributed by atoms with van der Waals surface area (Å²) in [6.07, 6.45) is 0. The molecular weight excluding hydrogens is 417 g/mol. The van der Waals surface area contributed by atoms with Gasteiger partial charge in [0.25, 0.3) is 5.91 Å². The van der Waals surface area contributed by atoms with Crippen molar-refractivity contribution in [3.05, 3.63) is 106 Å². The second-order valence-corrected chi connectivity index (χ2v) is 7.83. The van der Waals surface area contributed by atoms with Crippen molar-refractivity contribution in [2.75, 3.05) is 0 Å². The summed E-state index contributed by atoms with van der Waals surface area (Å²) in [5.74, 6) is -0.568. The van der Waals surface area contributed by atoms with Crippen LogP contribution in [0.5, 0.6) is 5.75 Å². The maximum absolute atomic E-state index is 13.6. The van der Waals surface area contributed by atoms with E-state index < -0.39 is 6.04 Å². The number of benzene rings is 3. The fourth-order valence-electron chi connectivity index (χ4n) is 4.03. The minimum atomic E-state index is -0.504. The lowest BCUT2D eigenvalue weighted by Gasteiger charge is -2.26. The number of fused-ring (bicyclic) bond motifs is 1. The summed E-state index contributed by atoms with van der Waals surface area (Å²) in [4.78, 5) is 15.1. The predicted octanol–water partition coefficient (Wildman–Crippen LogP) is 5.32. The third-order valence-corrected chi connectivity index (χ3v) is 5.69. The van der Waals surface area contributed by atoms with Crippen LogP contribution in [0.15, 0.2) is 72.8 Å². The number of nitrogens with zero attached hydrogens (tertiary/aromatic N) is 2. The molecule has 1 amide bonds. The quantitative estimate of drug-likeness (QED) is 0.457. The van der Waals surface area contributed by atoms with Crippen LogP contribution in [-0.2, 0) is 6.54 Å². The van der Waals surface area contributed by atoms with Crippen molar-refractivity contribution in [3.8, 4) is 17.0 Å². The molecule has 5 rings (SSSR count). The number of carbonyl (C=O) groups is 1. The SMILES string of the molecule is O=C1c2[nH]nc(-c3cc(Cl)ccc3O)c2C(c2ccc(F)cc2)N1Cc1ccccc1. The first kappa shape index (κ1) is 19.3. The molecule has 1 unspecified atom stereocenters. The summed E-state index contributed by atoms with van der Waals surface area (Å²) in [6, 6.07) is 19.9. The third kappa shape index (κ3) is 3.35. The van der Waals surface area contributed by atoms with Gasteiger partial charge in [-0.1, -0.05) is 54.1 Å². The van der Waals surface area contributed by atoms with E-state index in [1.807, 2.05) is 30.3 Å². The second kappa shape index (κ2) is 7.56. The van der Waals surface area contributed by atoms with E-state index in [4.69, 9.17) is 11.6 Å². The summed E-state index contributed by atoms with van der Waals surface area (Å²) in [5, 5.41) is 18.0. The van der Waals surface area contributed by atoms with Gasteiger partial charge in [-0.15, -0.1) is 0 Å². The zero-order valence-corrected chi connectivity index (χ0v) is 17.0. The van der Waals surface area contributed by atoms with Crippen LogP contribution in [0, 0.1) is 5.82 Å². The Morgan fingerprint density at radius 1 is 1.06 bits per heavy atom. The van der Waals surface area contributed by atoms with Crippen LogP contribution >= 0.6 is 11.6 Å². The molecule has 1 aromatic heterocycles. The van der Waals surface area contributed by atoms with Crippen LogP contribution < -0.4 is 0 Å². The van der Waals surface area contributed by atoms with Gasteiger partial charge in [0.05, 0.1) is 6.04 Å². The van der Waals surface area contributed by atoms with Gasteiger partial charge in [0.15, 0.2) is 0 Å². The van der Waals surface area contributed by atoms with E-state index in [9.17, 15) is 14.3 Å². The highest BCUT2D eigenvalue weighted by Gasteiger charge is 2.42. The molecule has 2 heterocycles. The number of aromatic hydroxyl groups is 1. The molecule has 1 aliphatic heterocycles. The van der Waals surface area contributed by atoms with Gasteiger partial charge < -0.3 is 10.0 Å². The number of hydrogen-bond donors (Lipinski definition) is 2. The molecule has 3 aromatic carbocycles. The molecule has 0 saturated heterocycles. The van der Waals surface area contributed by atoms with Crippen molar-refractivity contribution in [2.45, 2.75) is 12.6 Å². The lowest BCUT2D eigenvalue weighted by molar-refractivity contribution is 0.0730. The average molecular weight is 434 g/mol. The molecule has 5 nitrogen and oxygen atoms in total. The zero-order valence-electron chi connectivity index (χ0n) is 16.2. The van der Waals surface area contributed by atoms with Crippen molar-refractivity contribution in [1.82, 2.24) is 15.1 Å².